The largest absolute Gasteiger partial charge is 3.00 e. The van der Waals surface area contributed by atoms with E-state index >= 15 is 0 Å². The van der Waals surface area contributed by atoms with Gasteiger partial charge in [-0.05, 0) is 0 Å². The molecule has 0 aromatic rings. The van der Waals surface area contributed by atoms with Crippen LogP contribution in [0, 0.1) is 0 Å². The molecule has 0 aliphatic rings. The Morgan fingerprint density at radius 3 is 0.455 bits per heavy atom. The van der Waals surface area contributed by atoms with Gasteiger partial charge in [-0.15, -0.1) is 0 Å². The smallest absolute Gasteiger partial charge is 0.734 e. The fourth-order valence-corrected chi connectivity index (χ4v) is 0. The molecule has 11 heteroatoms. The molecule has 0 saturated carbocycles. The van der Waals surface area contributed by atoms with Crippen LogP contribution in [0.25, 0.3) is 0 Å². The summed E-state index contributed by atoms with van der Waals surface area (Å²) in [7, 11) is 0. The third-order valence-electron chi connectivity index (χ3n) is 0. The zero-order valence-electron chi connectivity index (χ0n) is 4.57. The third kappa shape index (κ3) is 510. The van der Waals surface area contributed by atoms with Gasteiger partial charge in [-0.1, -0.05) is 0 Å². The molecule has 0 bridgehead atoms. The number of rotatable bonds is 0. The van der Waals surface area contributed by atoms with Crippen LogP contribution in [0.3, 0.4) is 0 Å². The molecule has 4 radical (unpaired) electrons. The van der Waals surface area contributed by atoms with Gasteiger partial charge in [-0.25, -0.2) is 0 Å². The maximum atomic E-state index is 7.88. The first-order valence-corrected chi connectivity index (χ1v) is 1.00. The van der Waals surface area contributed by atoms with Gasteiger partial charge in [0.1, 0.15) is 0 Å². The molecule has 0 spiro atoms. The molecule has 0 heterocycles. The normalized spacial score (nSPS) is 4.91. The van der Waals surface area contributed by atoms with Gasteiger partial charge in [0.15, 0.2) is 0 Å². The monoisotopic (exact) mass is 562 g/mol. The van der Waals surface area contributed by atoms with Gasteiger partial charge < -0.3 is 46.7 Å². The van der Waals surface area contributed by atoms with Gasteiger partial charge in [-0.3, -0.25) is 0 Å². The van der Waals surface area contributed by atoms with Crippen LogP contribution in [-0.4, -0.2) is 52.4 Å². The Bertz CT molecular complexity index is 12.3. The van der Waals surface area contributed by atoms with E-state index < -0.39 is 0 Å². The van der Waals surface area contributed by atoms with E-state index in [9.17, 15) is 0 Å². The van der Waals surface area contributed by atoms with E-state index in [2.05, 4.69) is 0 Å². The van der Waals surface area contributed by atoms with Crippen LogP contribution in [0.1, 0.15) is 0 Å². The van der Waals surface area contributed by atoms with Gasteiger partial charge in [0.2, 0.25) is 0 Å². The fourth-order valence-electron chi connectivity index (χ4n) is 0. The molecule has 0 atom stereocenters. The minimum atomic E-state index is 0. The molecule has 0 aromatic carbocycles. The molecule has 0 aromatic heterocycles. The summed E-state index contributed by atoms with van der Waals surface area (Å²) in [4.78, 5) is 0. The van der Waals surface area contributed by atoms with E-state index in [1.807, 2.05) is 0 Å². The van der Waals surface area contributed by atoms with Crippen molar-refractivity contribution >= 4 is 52.4 Å². The topological polar surface area (TPSA) is 166 Å². The van der Waals surface area contributed by atoms with Crippen LogP contribution in [0.2, 0.25) is 0 Å². The van der Waals surface area contributed by atoms with Gasteiger partial charge in [0, 0.05) is 0 Å². The second kappa shape index (κ2) is 63.6. The summed E-state index contributed by atoms with van der Waals surface area (Å²) in [6, 6.07) is 0. The molecule has 0 amide bonds. The molecule has 64 valence electrons. The summed E-state index contributed by atoms with van der Waals surface area (Å²) in [5.74, 6) is 0. The van der Waals surface area contributed by atoms with Crippen molar-refractivity contribution in [3.05, 3.63) is 0 Å². The minimum absolute atomic E-state index is 0. The Balaban J connectivity index is -0.0000000150. The summed E-state index contributed by atoms with van der Waals surface area (Å²) >= 11 is 0. The Kier molecular flexibility index (Phi) is 170. The van der Waals surface area contributed by atoms with E-state index in [-0.39, 0.29) is 52.4 Å². The standard InChI is InChI=1S/2Bi.3H2O3/c;;3*1-3-2/h;;3*1-2H/q2*+3;;;/p-6. The number of hydrogen-bond acceptors (Lipinski definition) is 9. The van der Waals surface area contributed by atoms with Crippen molar-refractivity contribution in [3.63, 3.8) is 0 Å². The second-order valence-corrected chi connectivity index (χ2v) is 0.204. The van der Waals surface area contributed by atoms with Crippen LogP contribution < -0.4 is 31.5 Å². The molecule has 0 saturated heterocycles. The molecule has 11 heavy (non-hydrogen) atoms. The summed E-state index contributed by atoms with van der Waals surface area (Å²) in [5.41, 5.74) is 0. The first-order chi connectivity index (χ1) is 4.24. The van der Waals surface area contributed by atoms with E-state index in [4.69, 9.17) is 31.5 Å². The molecule has 0 N–H and O–H groups in total. The predicted octanol–water partition coefficient (Wildman–Crippen LogP) is -8.10. The molecule has 9 nitrogen and oxygen atoms in total. The minimum Gasteiger partial charge on any atom is -0.734 e. The maximum absolute atomic E-state index is 7.88. The molecule has 0 rings (SSSR count). The van der Waals surface area contributed by atoms with Crippen LogP contribution >= 0.6 is 0 Å². The van der Waals surface area contributed by atoms with Gasteiger partial charge >= 0.3 is 52.4 Å². The Morgan fingerprint density at radius 2 is 0.455 bits per heavy atom. The maximum Gasteiger partial charge on any atom is 3.00 e. The third-order valence-corrected chi connectivity index (χ3v) is 0. The summed E-state index contributed by atoms with van der Waals surface area (Å²) < 4.78 is 0. The summed E-state index contributed by atoms with van der Waals surface area (Å²) in [6.07, 6.45) is 0. The van der Waals surface area contributed by atoms with Crippen LogP contribution in [0.4, 0.5) is 0 Å². The number of hydrogen-bond donors (Lipinski definition) is 0. The Morgan fingerprint density at radius 1 is 0.455 bits per heavy atom. The fraction of sp³-hybridized carbons (Fsp3) is 0. The zero-order valence-corrected chi connectivity index (χ0v) is 11.5. The predicted molar refractivity (Wildman–Crippen MR) is 14.8 cm³/mol. The van der Waals surface area contributed by atoms with E-state index in [0.29, 0.717) is 0 Å². The quantitative estimate of drug-likeness (QED) is 0.158. The average Bonchev–Trinajstić information content (AvgIpc) is 1.70. The summed E-state index contributed by atoms with van der Waals surface area (Å²) in [6.45, 7) is 0. The van der Waals surface area contributed by atoms with E-state index in [1.54, 1.807) is 15.1 Å². The van der Waals surface area contributed by atoms with E-state index in [1.165, 1.54) is 0 Å². The van der Waals surface area contributed by atoms with Crippen molar-refractivity contribution in [1.29, 1.82) is 0 Å². The van der Waals surface area contributed by atoms with Crippen molar-refractivity contribution in [2.75, 3.05) is 0 Å². The first kappa shape index (κ1) is 29.4. The molecule has 0 aliphatic heterocycles. The van der Waals surface area contributed by atoms with Gasteiger partial charge in [0.05, 0.1) is 0 Å². The van der Waals surface area contributed by atoms with E-state index in [0.717, 1.165) is 0 Å². The van der Waals surface area contributed by atoms with Gasteiger partial charge in [-0.2, -0.15) is 0 Å². The van der Waals surface area contributed by atoms with Crippen molar-refractivity contribution in [2.45, 2.75) is 0 Å². The Labute approximate surface area is 98.6 Å². The van der Waals surface area contributed by atoms with Crippen molar-refractivity contribution in [3.8, 4) is 0 Å². The molecule has 0 fully saturated rings. The van der Waals surface area contributed by atoms with Gasteiger partial charge in [0.25, 0.3) is 0 Å². The molecule has 0 unspecified atom stereocenters. The summed E-state index contributed by atoms with van der Waals surface area (Å²) in [5, 5.41) is 52.5. The SMILES string of the molecule is [Bi+3].[Bi+3].[O-]O[O-].[O-]O[O-].[O-]O[O-]. The Hall–Kier alpha value is 1.41. The van der Waals surface area contributed by atoms with Crippen LogP contribution in [0.5, 0.6) is 0 Å². The van der Waals surface area contributed by atoms with Crippen molar-refractivity contribution in [1.82, 2.24) is 0 Å². The molecule has 0 aliphatic carbocycles. The van der Waals surface area contributed by atoms with Crippen LogP contribution in [-0.2, 0) is 15.1 Å². The van der Waals surface area contributed by atoms with Crippen LogP contribution in [0.15, 0.2) is 0 Å². The van der Waals surface area contributed by atoms with Crippen molar-refractivity contribution < 1.29 is 46.7 Å². The average molecular weight is 562 g/mol. The zero-order chi connectivity index (χ0) is 8.12. The van der Waals surface area contributed by atoms with Crippen molar-refractivity contribution in [2.24, 2.45) is 0 Å². The second-order valence-electron chi connectivity index (χ2n) is 0.204. The first-order valence-electron chi connectivity index (χ1n) is 1.00. The molecular weight excluding hydrogens is 562 g/mol. The molecular formula is Bi2O9.